The van der Waals surface area contributed by atoms with Crippen molar-refractivity contribution in [3.05, 3.63) is 33.2 Å². The number of hydrogen-bond acceptors (Lipinski definition) is 6. The summed E-state index contributed by atoms with van der Waals surface area (Å²) in [5.74, 6) is 0. The van der Waals surface area contributed by atoms with Crippen LogP contribution in [0.25, 0.3) is 0 Å². The first-order valence-electron chi connectivity index (χ1n) is 5.80. The van der Waals surface area contributed by atoms with Crippen molar-refractivity contribution in [2.24, 2.45) is 5.73 Å². The molecule has 0 fully saturated rings. The number of halogens is 1. The van der Waals surface area contributed by atoms with Gasteiger partial charge in [0.2, 0.25) is 5.13 Å². The zero-order valence-electron chi connectivity index (χ0n) is 10.6. The number of anilines is 1. The molecule has 0 aliphatic rings. The minimum atomic E-state index is -3.69. The number of nitrogens with two attached hydrogens (primary N) is 1. The molecule has 0 aliphatic carbocycles. The quantitative estimate of drug-likeness (QED) is 0.832. The SMILES string of the molecule is CCc1nnc(NS(=O)(=O)c2ccc(CN)cc2Br)s1. The van der Waals surface area contributed by atoms with Crippen LogP contribution in [-0.4, -0.2) is 18.6 Å². The summed E-state index contributed by atoms with van der Waals surface area (Å²) in [7, 11) is -3.69. The van der Waals surface area contributed by atoms with Gasteiger partial charge in [-0.15, -0.1) is 10.2 Å². The molecule has 1 aromatic carbocycles. The second kappa shape index (κ2) is 6.17. The van der Waals surface area contributed by atoms with E-state index in [0.29, 0.717) is 17.4 Å². The van der Waals surface area contributed by atoms with Gasteiger partial charge in [-0.1, -0.05) is 24.3 Å². The van der Waals surface area contributed by atoms with Crippen LogP contribution in [0, 0.1) is 0 Å². The number of rotatable bonds is 5. The summed E-state index contributed by atoms with van der Waals surface area (Å²) < 4.78 is 27.5. The number of aromatic nitrogens is 2. The van der Waals surface area contributed by atoms with Crippen molar-refractivity contribution < 1.29 is 8.42 Å². The Balaban J connectivity index is 2.30. The van der Waals surface area contributed by atoms with Crippen LogP contribution in [0.5, 0.6) is 0 Å². The Morgan fingerprint density at radius 3 is 2.70 bits per heavy atom. The normalized spacial score (nSPS) is 11.6. The maximum atomic E-state index is 12.3. The number of hydrogen-bond donors (Lipinski definition) is 2. The van der Waals surface area contributed by atoms with E-state index in [1.807, 2.05) is 6.92 Å². The lowest BCUT2D eigenvalue weighted by molar-refractivity contribution is 0.600. The predicted octanol–water partition coefficient (Wildman–Crippen LogP) is 2.12. The van der Waals surface area contributed by atoms with E-state index in [1.54, 1.807) is 12.1 Å². The molecule has 0 amide bonds. The van der Waals surface area contributed by atoms with Gasteiger partial charge in [0, 0.05) is 11.0 Å². The van der Waals surface area contributed by atoms with Crippen LogP contribution in [0.1, 0.15) is 17.5 Å². The summed E-state index contributed by atoms with van der Waals surface area (Å²) in [4.78, 5) is 0.142. The Hall–Kier alpha value is -1.03. The highest BCUT2D eigenvalue weighted by Gasteiger charge is 2.19. The first-order chi connectivity index (χ1) is 9.46. The fourth-order valence-corrected chi connectivity index (χ4v) is 4.53. The molecule has 0 saturated heterocycles. The van der Waals surface area contributed by atoms with E-state index < -0.39 is 10.0 Å². The molecule has 0 saturated carbocycles. The van der Waals surface area contributed by atoms with Crippen molar-refractivity contribution in [3.63, 3.8) is 0 Å². The average Bonchev–Trinajstić information content (AvgIpc) is 2.85. The summed E-state index contributed by atoms with van der Waals surface area (Å²) in [5, 5.41) is 8.72. The van der Waals surface area contributed by atoms with Crippen molar-refractivity contribution in [2.75, 3.05) is 4.72 Å². The Kier molecular flexibility index (Phi) is 4.74. The standard InChI is InChI=1S/C11H13BrN4O2S2/c1-2-10-14-15-11(19-10)16-20(17,18)9-4-3-7(6-13)5-8(9)12/h3-5H,2,6,13H2,1H3,(H,15,16). The number of nitrogens with zero attached hydrogens (tertiary/aromatic N) is 2. The zero-order chi connectivity index (χ0) is 14.8. The molecule has 0 spiro atoms. The van der Waals surface area contributed by atoms with Crippen LogP contribution < -0.4 is 10.5 Å². The van der Waals surface area contributed by atoms with Crippen LogP contribution in [0.2, 0.25) is 0 Å². The van der Waals surface area contributed by atoms with Crippen molar-refractivity contribution >= 4 is 42.4 Å². The second-order valence-corrected chi connectivity index (χ2v) is 7.50. The molecule has 0 unspecified atom stereocenters. The Morgan fingerprint density at radius 1 is 1.40 bits per heavy atom. The summed E-state index contributed by atoms with van der Waals surface area (Å²) >= 11 is 4.47. The third kappa shape index (κ3) is 3.35. The summed E-state index contributed by atoms with van der Waals surface area (Å²) in [6.45, 7) is 2.28. The number of sulfonamides is 1. The minimum Gasteiger partial charge on any atom is -0.326 e. The van der Waals surface area contributed by atoms with E-state index in [-0.39, 0.29) is 10.0 Å². The first-order valence-corrected chi connectivity index (χ1v) is 8.89. The van der Waals surface area contributed by atoms with Gasteiger partial charge in [-0.05, 0) is 40.0 Å². The molecule has 2 rings (SSSR count). The van der Waals surface area contributed by atoms with Gasteiger partial charge >= 0.3 is 0 Å². The fraction of sp³-hybridized carbons (Fsp3) is 0.273. The van der Waals surface area contributed by atoms with Gasteiger partial charge in [-0.25, -0.2) is 8.42 Å². The van der Waals surface area contributed by atoms with Crippen LogP contribution in [0.15, 0.2) is 27.6 Å². The Bertz CT molecular complexity index is 715. The van der Waals surface area contributed by atoms with Gasteiger partial charge in [-0.3, -0.25) is 4.72 Å². The van der Waals surface area contributed by atoms with Crippen LogP contribution >= 0.6 is 27.3 Å². The summed E-state index contributed by atoms with van der Waals surface area (Å²) in [6, 6.07) is 4.87. The molecule has 0 aliphatic heterocycles. The number of benzene rings is 1. The molecule has 0 radical (unpaired) electrons. The van der Waals surface area contributed by atoms with Crippen molar-refractivity contribution in [1.82, 2.24) is 10.2 Å². The second-order valence-electron chi connectivity index (χ2n) is 3.93. The smallest absolute Gasteiger partial charge is 0.264 e. The van der Waals surface area contributed by atoms with Crippen molar-refractivity contribution in [3.8, 4) is 0 Å². The lowest BCUT2D eigenvalue weighted by Gasteiger charge is -2.08. The lowest BCUT2D eigenvalue weighted by Crippen LogP contribution is -2.13. The Morgan fingerprint density at radius 2 is 2.15 bits per heavy atom. The molecule has 3 N–H and O–H groups in total. The Labute approximate surface area is 129 Å². The van der Waals surface area contributed by atoms with Gasteiger partial charge < -0.3 is 5.73 Å². The molecular formula is C11H13BrN4O2S2. The third-order valence-electron chi connectivity index (χ3n) is 2.51. The molecule has 0 atom stereocenters. The minimum absolute atomic E-state index is 0.142. The topological polar surface area (TPSA) is 98.0 Å². The van der Waals surface area contributed by atoms with E-state index in [1.165, 1.54) is 17.4 Å². The summed E-state index contributed by atoms with van der Waals surface area (Å²) in [5.41, 5.74) is 6.36. The van der Waals surface area contributed by atoms with E-state index in [0.717, 1.165) is 10.6 Å². The maximum Gasteiger partial charge on any atom is 0.264 e. The molecule has 108 valence electrons. The molecule has 1 heterocycles. The molecule has 20 heavy (non-hydrogen) atoms. The monoisotopic (exact) mass is 376 g/mol. The van der Waals surface area contributed by atoms with Gasteiger partial charge in [0.05, 0.1) is 0 Å². The molecule has 2 aromatic rings. The lowest BCUT2D eigenvalue weighted by atomic mass is 10.2. The van der Waals surface area contributed by atoms with Crippen molar-refractivity contribution in [2.45, 2.75) is 24.8 Å². The predicted molar refractivity (Wildman–Crippen MR) is 82.1 cm³/mol. The summed E-state index contributed by atoms with van der Waals surface area (Å²) in [6.07, 6.45) is 0.717. The van der Waals surface area contributed by atoms with Crippen LogP contribution in [0.3, 0.4) is 0 Å². The highest BCUT2D eigenvalue weighted by Crippen LogP contribution is 2.26. The molecule has 1 aromatic heterocycles. The first kappa shape index (κ1) is 15.4. The average molecular weight is 377 g/mol. The molecule has 9 heteroatoms. The number of nitrogens with one attached hydrogen (secondary N) is 1. The zero-order valence-corrected chi connectivity index (χ0v) is 13.8. The molecule has 6 nitrogen and oxygen atoms in total. The number of aryl methyl sites for hydroxylation is 1. The van der Waals surface area contributed by atoms with Gasteiger partial charge in [0.15, 0.2) is 0 Å². The van der Waals surface area contributed by atoms with Gasteiger partial charge in [0.1, 0.15) is 9.90 Å². The van der Waals surface area contributed by atoms with Crippen LogP contribution in [-0.2, 0) is 23.0 Å². The van der Waals surface area contributed by atoms with Gasteiger partial charge in [-0.2, -0.15) is 0 Å². The largest absolute Gasteiger partial charge is 0.326 e. The van der Waals surface area contributed by atoms with E-state index in [4.69, 9.17) is 5.73 Å². The van der Waals surface area contributed by atoms with Crippen molar-refractivity contribution in [1.29, 1.82) is 0 Å². The van der Waals surface area contributed by atoms with Gasteiger partial charge in [0.25, 0.3) is 10.0 Å². The van der Waals surface area contributed by atoms with E-state index >= 15 is 0 Å². The maximum absolute atomic E-state index is 12.3. The highest BCUT2D eigenvalue weighted by atomic mass is 79.9. The third-order valence-corrected chi connectivity index (χ3v) is 5.94. The molecule has 0 bridgehead atoms. The van der Waals surface area contributed by atoms with E-state index in [2.05, 4.69) is 30.8 Å². The molecular weight excluding hydrogens is 364 g/mol. The van der Waals surface area contributed by atoms with Crippen LogP contribution in [0.4, 0.5) is 5.13 Å². The van der Waals surface area contributed by atoms with E-state index in [9.17, 15) is 8.42 Å². The fourth-order valence-electron chi connectivity index (χ4n) is 1.50. The highest BCUT2D eigenvalue weighted by molar-refractivity contribution is 9.10.